The first-order valence-corrected chi connectivity index (χ1v) is 6.84. The molecule has 0 saturated heterocycles. The topological polar surface area (TPSA) is 41.6 Å². The van der Waals surface area contributed by atoms with Crippen LogP contribution in [0.1, 0.15) is 46.0 Å². The van der Waals surface area contributed by atoms with Crippen LogP contribution >= 0.6 is 12.2 Å². The fourth-order valence-electron chi connectivity index (χ4n) is 2.29. The number of amides is 1. The lowest BCUT2D eigenvalue weighted by atomic mass is 9.94. The second-order valence-corrected chi connectivity index (χ2v) is 4.62. The highest BCUT2D eigenvalue weighted by molar-refractivity contribution is 7.80. The van der Waals surface area contributed by atoms with Gasteiger partial charge in [-0.05, 0) is 38.9 Å². The van der Waals surface area contributed by atoms with Crippen LogP contribution in [-0.4, -0.2) is 35.3 Å². The first kappa shape index (κ1) is 14.2. The molecule has 1 N–H and O–H groups in total. The average Bonchev–Trinajstić information content (AvgIpc) is 2.31. The van der Waals surface area contributed by atoms with Crippen molar-refractivity contribution in [3.05, 3.63) is 0 Å². The lowest BCUT2D eigenvalue weighted by Crippen LogP contribution is -2.48. The number of thiocarbonyl (C=S) groups is 1. The van der Waals surface area contributed by atoms with Gasteiger partial charge in [0.15, 0.2) is 5.11 Å². The minimum absolute atomic E-state index is 0.365. The van der Waals surface area contributed by atoms with E-state index in [0.717, 1.165) is 6.54 Å². The van der Waals surface area contributed by atoms with Gasteiger partial charge in [-0.3, -0.25) is 5.32 Å². The molecule has 0 atom stereocenters. The molecule has 1 aliphatic carbocycles. The lowest BCUT2D eigenvalue weighted by Gasteiger charge is -2.35. The van der Waals surface area contributed by atoms with Gasteiger partial charge in [-0.25, -0.2) is 4.79 Å². The quantitative estimate of drug-likeness (QED) is 0.790. The fourth-order valence-corrected chi connectivity index (χ4v) is 2.65. The Balaban J connectivity index is 2.47. The Morgan fingerprint density at radius 3 is 2.53 bits per heavy atom. The zero-order chi connectivity index (χ0) is 12.7. The van der Waals surface area contributed by atoms with Crippen LogP contribution in [0.25, 0.3) is 0 Å². The van der Waals surface area contributed by atoms with E-state index in [2.05, 4.69) is 17.1 Å². The van der Waals surface area contributed by atoms with Gasteiger partial charge in [0.1, 0.15) is 0 Å². The first-order chi connectivity index (χ1) is 8.19. The third-order valence-corrected chi connectivity index (χ3v) is 3.44. The van der Waals surface area contributed by atoms with Gasteiger partial charge in [-0.15, -0.1) is 0 Å². The molecule has 0 aliphatic heterocycles. The predicted molar refractivity (Wildman–Crippen MR) is 72.0 cm³/mol. The maximum Gasteiger partial charge on any atom is 0.413 e. The molecule has 1 aliphatic rings. The Kier molecular flexibility index (Phi) is 6.26. The summed E-state index contributed by atoms with van der Waals surface area (Å²) in [6.45, 7) is 5.04. The molecule has 98 valence electrons. The average molecular weight is 258 g/mol. The summed E-state index contributed by atoms with van der Waals surface area (Å²) in [6.07, 6.45) is 5.70. The van der Waals surface area contributed by atoms with Crippen LogP contribution in [0.3, 0.4) is 0 Å². The van der Waals surface area contributed by atoms with E-state index in [0.29, 0.717) is 17.8 Å². The zero-order valence-electron chi connectivity index (χ0n) is 10.7. The zero-order valence-corrected chi connectivity index (χ0v) is 11.5. The van der Waals surface area contributed by atoms with Gasteiger partial charge >= 0.3 is 6.09 Å². The van der Waals surface area contributed by atoms with Crippen molar-refractivity contribution in [3.63, 3.8) is 0 Å². The SMILES string of the molecule is CCOC(=O)NC(=S)N(CC)C1CCCCC1. The van der Waals surface area contributed by atoms with E-state index in [1.165, 1.54) is 32.1 Å². The highest BCUT2D eigenvalue weighted by Gasteiger charge is 2.22. The number of alkyl carbamates (subject to hydrolysis) is 1. The van der Waals surface area contributed by atoms with Crippen molar-refractivity contribution < 1.29 is 9.53 Å². The molecule has 17 heavy (non-hydrogen) atoms. The molecule has 0 aromatic carbocycles. The summed E-state index contributed by atoms with van der Waals surface area (Å²) in [5.74, 6) is 0. The second kappa shape index (κ2) is 7.48. The Morgan fingerprint density at radius 1 is 1.35 bits per heavy atom. The molecule has 0 aromatic heterocycles. The summed E-state index contributed by atoms with van der Waals surface area (Å²) < 4.78 is 4.83. The second-order valence-electron chi connectivity index (χ2n) is 4.23. The van der Waals surface area contributed by atoms with E-state index < -0.39 is 6.09 Å². The molecular formula is C12H22N2O2S. The Hall–Kier alpha value is -0.840. The van der Waals surface area contributed by atoms with E-state index in [4.69, 9.17) is 17.0 Å². The van der Waals surface area contributed by atoms with Gasteiger partial charge in [0.05, 0.1) is 6.61 Å². The highest BCUT2D eigenvalue weighted by Crippen LogP contribution is 2.22. The third-order valence-electron chi connectivity index (χ3n) is 3.10. The van der Waals surface area contributed by atoms with Crippen LogP contribution in [-0.2, 0) is 4.74 Å². The van der Waals surface area contributed by atoms with E-state index in [1.807, 2.05) is 0 Å². The van der Waals surface area contributed by atoms with Crippen LogP contribution in [0.15, 0.2) is 0 Å². The summed E-state index contributed by atoms with van der Waals surface area (Å²) in [5, 5.41) is 3.12. The highest BCUT2D eigenvalue weighted by atomic mass is 32.1. The van der Waals surface area contributed by atoms with E-state index >= 15 is 0 Å². The number of rotatable bonds is 3. The fraction of sp³-hybridized carbons (Fsp3) is 0.833. The minimum atomic E-state index is -0.452. The van der Waals surface area contributed by atoms with Gasteiger partial charge in [0, 0.05) is 12.6 Å². The molecule has 1 rings (SSSR count). The van der Waals surface area contributed by atoms with E-state index in [9.17, 15) is 4.79 Å². The number of hydrogen-bond acceptors (Lipinski definition) is 3. The van der Waals surface area contributed by atoms with E-state index in [-0.39, 0.29) is 0 Å². The van der Waals surface area contributed by atoms with Crippen LogP contribution in [0.5, 0.6) is 0 Å². The molecule has 0 radical (unpaired) electrons. The molecule has 1 amide bonds. The summed E-state index contributed by atoms with van der Waals surface area (Å²) in [7, 11) is 0. The van der Waals surface area contributed by atoms with Crippen molar-refractivity contribution in [1.29, 1.82) is 0 Å². The van der Waals surface area contributed by atoms with Crippen LogP contribution in [0, 0.1) is 0 Å². The molecule has 0 aromatic rings. The van der Waals surface area contributed by atoms with Crippen molar-refractivity contribution in [2.24, 2.45) is 0 Å². The van der Waals surface area contributed by atoms with Crippen LogP contribution in [0.4, 0.5) is 4.79 Å². The van der Waals surface area contributed by atoms with Gasteiger partial charge in [0.2, 0.25) is 0 Å². The van der Waals surface area contributed by atoms with Gasteiger partial charge in [-0.2, -0.15) is 0 Å². The summed E-state index contributed by atoms with van der Waals surface area (Å²) in [6, 6.07) is 0.475. The number of nitrogens with one attached hydrogen (secondary N) is 1. The van der Waals surface area contributed by atoms with Gasteiger partial charge < -0.3 is 9.64 Å². The van der Waals surface area contributed by atoms with Crippen molar-refractivity contribution in [1.82, 2.24) is 10.2 Å². The molecule has 1 saturated carbocycles. The summed E-state index contributed by atoms with van der Waals surface area (Å²) in [4.78, 5) is 13.4. The number of hydrogen-bond donors (Lipinski definition) is 1. The molecule has 0 bridgehead atoms. The maximum absolute atomic E-state index is 11.3. The number of carbonyl (C=O) groups is 1. The van der Waals surface area contributed by atoms with Crippen molar-refractivity contribution >= 4 is 23.4 Å². The molecule has 1 fully saturated rings. The number of ether oxygens (including phenoxy) is 1. The molecule has 5 heteroatoms. The van der Waals surface area contributed by atoms with Gasteiger partial charge in [-0.1, -0.05) is 19.3 Å². The monoisotopic (exact) mass is 258 g/mol. The van der Waals surface area contributed by atoms with E-state index in [1.54, 1.807) is 6.92 Å². The predicted octanol–water partition coefficient (Wildman–Crippen LogP) is 2.67. The number of nitrogens with zero attached hydrogens (tertiary/aromatic N) is 1. The number of carbonyl (C=O) groups excluding carboxylic acids is 1. The molecular weight excluding hydrogens is 236 g/mol. The molecule has 4 nitrogen and oxygen atoms in total. The lowest BCUT2D eigenvalue weighted by molar-refractivity contribution is 0.155. The molecule has 0 spiro atoms. The smallest absolute Gasteiger partial charge is 0.413 e. The minimum Gasteiger partial charge on any atom is -0.450 e. The van der Waals surface area contributed by atoms with Crippen molar-refractivity contribution in [2.75, 3.05) is 13.2 Å². The first-order valence-electron chi connectivity index (χ1n) is 6.43. The Morgan fingerprint density at radius 2 is 2.00 bits per heavy atom. The summed E-state index contributed by atoms with van der Waals surface area (Å²) >= 11 is 5.26. The van der Waals surface area contributed by atoms with Crippen molar-refractivity contribution in [2.45, 2.75) is 52.0 Å². The summed E-state index contributed by atoms with van der Waals surface area (Å²) in [5.41, 5.74) is 0. The largest absolute Gasteiger partial charge is 0.450 e. The van der Waals surface area contributed by atoms with Crippen LogP contribution in [0.2, 0.25) is 0 Å². The standard InChI is InChI=1S/C12H22N2O2S/c1-3-14(10-8-6-5-7-9-10)11(17)13-12(15)16-4-2/h10H,3-9H2,1-2H3,(H,13,15,17). The normalized spacial score (nSPS) is 16.4. The maximum atomic E-state index is 11.3. The van der Waals surface area contributed by atoms with Crippen LogP contribution < -0.4 is 5.32 Å². The Bertz CT molecular complexity index is 265. The van der Waals surface area contributed by atoms with Crippen molar-refractivity contribution in [3.8, 4) is 0 Å². The molecule has 0 heterocycles. The Labute approximate surface area is 109 Å². The third kappa shape index (κ3) is 4.50. The van der Waals surface area contributed by atoms with Gasteiger partial charge in [0.25, 0.3) is 0 Å². The molecule has 0 unspecified atom stereocenters.